The second kappa shape index (κ2) is 5.60. The van der Waals surface area contributed by atoms with Gasteiger partial charge in [0.25, 0.3) is 5.92 Å². The van der Waals surface area contributed by atoms with Crippen molar-refractivity contribution in [2.75, 3.05) is 6.61 Å². The summed E-state index contributed by atoms with van der Waals surface area (Å²) in [4.78, 5) is 11.8. The van der Waals surface area contributed by atoms with E-state index < -0.39 is 29.8 Å². The van der Waals surface area contributed by atoms with Gasteiger partial charge in [-0.05, 0) is 20.8 Å². The SMILES string of the molecule is CC(C)(C)OC(=O)N[C@@H]([C@H]1CO1)C(F)(F)c1ccccc1. The summed E-state index contributed by atoms with van der Waals surface area (Å²) in [6.07, 6.45) is -1.58. The number of nitrogens with one attached hydrogen (secondary N) is 1. The Bertz CT molecular complexity index is 495. The Morgan fingerprint density at radius 2 is 1.90 bits per heavy atom. The van der Waals surface area contributed by atoms with Crippen LogP contribution in [0.1, 0.15) is 26.3 Å². The maximum absolute atomic E-state index is 14.6. The first kappa shape index (κ1) is 15.7. The van der Waals surface area contributed by atoms with Crippen molar-refractivity contribution in [2.24, 2.45) is 0 Å². The number of epoxide rings is 1. The maximum Gasteiger partial charge on any atom is 0.408 e. The monoisotopic (exact) mass is 299 g/mol. The van der Waals surface area contributed by atoms with Gasteiger partial charge in [-0.2, -0.15) is 8.78 Å². The number of alkyl carbamates (subject to hydrolysis) is 1. The Balaban J connectivity index is 2.14. The molecule has 2 rings (SSSR count). The first-order valence-corrected chi connectivity index (χ1v) is 6.74. The fraction of sp³-hybridized carbons (Fsp3) is 0.533. The van der Waals surface area contributed by atoms with E-state index in [0.717, 1.165) is 0 Å². The molecule has 0 radical (unpaired) electrons. The third kappa shape index (κ3) is 4.14. The molecule has 0 saturated carbocycles. The van der Waals surface area contributed by atoms with E-state index in [0.29, 0.717) is 0 Å². The topological polar surface area (TPSA) is 50.9 Å². The first-order valence-electron chi connectivity index (χ1n) is 6.74. The zero-order valence-electron chi connectivity index (χ0n) is 12.2. The molecule has 1 aromatic rings. The summed E-state index contributed by atoms with van der Waals surface area (Å²) in [5.74, 6) is -3.24. The van der Waals surface area contributed by atoms with Crippen molar-refractivity contribution in [2.45, 2.75) is 44.4 Å². The molecule has 116 valence electrons. The van der Waals surface area contributed by atoms with Gasteiger partial charge in [0.05, 0.1) is 6.61 Å². The number of hydrogen-bond donors (Lipinski definition) is 1. The molecular formula is C15H19F2NO3. The van der Waals surface area contributed by atoms with Gasteiger partial charge in [0.15, 0.2) is 0 Å². The fourth-order valence-corrected chi connectivity index (χ4v) is 1.94. The molecule has 0 aliphatic carbocycles. The normalized spacial score (nSPS) is 19.8. The lowest BCUT2D eigenvalue weighted by atomic mass is 9.99. The highest BCUT2D eigenvalue weighted by atomic mass is 19.3. The minimum absolute atomic E-state index is 0.165. The predicted molar refractivity (Wildman–Crippen MR) is 73.2 cm³/mol. The van der Waals surface area contributed by atoms with Crippen LogP contribution in [0.25, 0.3) is 0 Å². The summed E-state index contributed by atoms with van der Waals surface area (Å²) in [5, 5.41) is 2.24. The van der Waals surface area contributed by atoms with Crippen LogP contribution in [0.2, 0.25) is 0 Å². The lowest BCUT2D eigenvalue weighted by Gasteiger charge is -2.28. The third-order valence-corrected chi connectivity index (χ3v) is 2.95. The molecule has 1 fully saturated rings. The van der Waals surface area contributed by atoms with Crippen LogP contribution in [0, 0.1) is 0 Å². The standard InChI is InChI=1S/C15H19F2NO3/c1-14(2,3)21-13(19)18-12(11-9-20-11)15(16,17)10-7-5-4-6-8-10/h4-8,11-12H,9H2,1-3H3,(H,18,19)/t11-,12+/m1/s1. The van der Waals surface area contributed by atoms with Crippen molar-refractivity contribution in [3.05, 3.63) is 35.9 Å². The number of ether oxygens (including phenoxy) is 2. The van der Waals surface area contributed by atoms with Gasteiger partial charge < -0.3 is 14.8 Å². The summed E-state index contributed by atoms with van der Waals surface area (Å²) in [5.41, 5.74) is -0.914. The number of alkyl halides is 2. The van der Waals surface area contributed by atoms with E-state index in [-0.39, 0.29) is 12.2 Å². The Morgan fingerprint density at radius 1 is 1.33 bits per heavy atom. The maximum atomic E-state index is 14.6. The molecule has 6 heteroatoms. The van der Waals surface area contributed by atoms with Gasteiger partial charge in [-0.1, -0.05) is 30.3 Å². The third-order valence-electron chi connectivity index (χ3n) is 2.95. The molecule has 1 aromatic carbocycles. The van der Waals surface area contributed by atoms with E-state index >= 15 is 0 Å². The Hall–Kier alpha value is -1.69. The minimum atomic E-state index is -3.24. The molecule has 1 N–H and O–H groups in total. The predicted octanol–water partition coefficient (Wildman–Crippen LogP) is 3.07. The highest BCUT2D eigenvalue weighted by molar-refractivity contribution is 5.68. The summed E-state index contributed by atoms with van der Waals surface area (Å²) in [7, 11) is 0. The summed E-state index contributed by atoms with van der Waals surface area (Å²) >= 11 is 0. The van der Waals surface area contributed by atoms with E-state index in [2.05, 4.69) is 5.32 Å². The number of carbonyl (C=O) groups is 1. The number of rotatable bonds is 4. The van der Waals surface area contributed by atoms with Crippen LogP contribution in [0.3, 0.4) is 0 Å². The van der Waals surface area contributed by atoms with Crippen LogP contribution in [-0.2, 0) is 15.4 Å². The highest BCUT2D eigenvalue weighted by Gasteiger charge is 2.52. The Morgan fingerprint density at radius 3 is 2.38 bits per heavy atom. The number of hydrogen-bond acceptors (Lipinski definition) is 3. The van der Waals surface area contributed by atoms with E-state index in [1.807, 2.05) is 0 Å². The zero-order valence-corrected chi connectivity index (χ0v) is 12.2. The van der Waals surface area contributed by atoms with Gasteiger partial charge in [-0.3, -0.25) is 0 Å². The van der Waals surface area contributed by atoms with Crippen molar-refractivity contribution in [1.29, 1.82) is 0 Å². The number of halogens is 2. The second-order valence-electron chi connectivity index (χ2n) is 5.98. The molecule has 1 aliphatic heterocycles. The van der Waals surface area contributed by atoms with Crippen LogP contribution in [0.15, 0.2) is 30.3 Å². The van der Waals surface area contributed by atoms with E-state index in [9.17, 15) is 13.6 Å². The molecule has 0 aromatic heterocycles. The zero-order chi connectivity index (χ0) is 15.7. The first-order chi connectivity index (χ1) is 9.70. The molecule has 2 atom stereocenters. The summed E-state index contributed by atoms with van der Waals surface area (Å²) in [6.45, 7) is 5.21. The van der Waals surface area contributed by atoms with Gasteiger partial charge in [0, 0.05) is 5.56 Å². The highest BCUT2D eigenvalue weighted by Crippen LogP contribution is 2.37. The molecule has 1 heterocycles. The number of carbonyl (C=O) groups excluding carboxylic acids is 1. The number of amides is 1. The van der Waals surface area contributed by atoms with Gasteiger partial charge in [0.1, 0.15) is 17.7 Å². The van der Waals surface area contributed by atoms with Gasteiger partial charge in [-0.15, -0.1) is 0 Å². The van der Waals surface area contributed by atoms with Crippen molar-refractivity contribution in [3.8, 4) is 0 Å². The molecule has 1 amide bonds. The molecule has 0 unspecified atom stereocenters. The molecule has 4 nitrogen and oxygen atoms in total. The van der Waals surface area contributed by atoms with E-state index in [1.54, 1.807) is 26.8 Å². The molecular weight excluding hydrogens is 280 g/mol. The quantitative estimate of drug-likeness (QED) is 0.869. The molecule has 0 bridgehead atoms. The summed E-state index contributed by atoms with van der Waals surface area (Å²) < 4.78 is 39.1. The Kier molecular flexibility index (Phi) is 4.18. The van der Waals surface area contributed by atoms with Crippen LogP contribution in [0.4, 0.5) is 13.6 Å². The molecule has 1 aliphatic rings. The van der Waals surface area contributed by atoms with Crippen LogP contribution >= 0.6 is 0 Å². The molecule has 21 heavy (non-hydrogen) atoms. The van der Waals surface area contributed by atoms with Crippen LogP contribution in [0.5, 0.6) is 0 Å². The van der Waals surface area contributed by atoms with Crippen molar-refractivity contribution < 1.29 is 23.0 Å². The summed E-state index contributed by atoms with van der Waals surface area (Å²) in [6, 6.07) is 5.92. The minimum Gasteiger partial charge on any atom is -0.444 e. The van der Waals surface area contributed by atoms with E-state index in [1.165, 1.54) is 24.3 Å². The molecule has 1 saturated heterocycles. The van der Waals surface area contributed by atoms with Crippen LogP contribution in [-0.4, -0.2) is 30.4 Å². The lowest BCUT2D eigenvalue weighted by Crippen LogP contribution is -2.50. The van der Waals surface area contributed by atoms with Crippen LogP contribution < -0.4 is 5.32 Å². The largest absolute Gasteiger partial charge is 0.444 e. The molecule has 0 spiro atoms. The van der Waals surface area contributed by atoms with Gasteiger partial charge >= 0.3 is 6.09 Å². The van der Waals surface area contributed by atoms with Crippen molar-refractivity contribution >= 4 is 6.09 Å². The van der Waals surface area contributed by atoms with Crippen molar-refractivity contribution in [3.63, 3.8) is 0 Å². The average molecular weight is 299 g/mol. The lowest BCUT2D eigenvalue weighted by molar-refractivity contribution is -0.0542. The average Bonchev–Trinajstić information content (AvgIpc) is 3.19. The van der Waals surface area contributed by atoms with E-state index in [4.69, 9.17) is 9.47 Å². The smallest absolute Gasteiger partial charge is 0.408 e. The Labute approximate surface area is 122 Å². The van der Waals surface area contributed by atoms with Gasteiger partial charge in [-0.25, -0.2) is 4.79 Å². The number of benzene rings is 1. The van der Waals surface area contributed by atoms with Crippen molar-refractivity contribution in [1.82, 2.24) is 5.32 Å². The second-order valence-corrected chi connectivity index (χ2v) is 5.98. The van der Waals surface area contributed by atoms with Gasteiger partial charge in [0.2, 0.25) is 0 Å². The fourth-order valence-electron chi connectivity index (χ4n) is 1.94.